The Hall–Kier alpha value is -2.04. The van der Waals surface area contributed by atoms with Crippen LogP contribution >= 0.6 is 0 Å². The van der Waals surface area contributed by atoms with Crippen molar-refractivity contribution in [2.45, 2.75) is 58.8 Å². The lowest BCUT2D eigenvalue weighted by Crippen LogP contribution is -2.43. The van der Waals surface area contributed by atoms with Gasteiger partial charge in [0.2, 0.25) is 11.8 Å². The Kier molecular flexibility index (Phi) is 7.69. The predicted octanol–water partition coefficient (Wildman–Crippen LogP) is 3.52. The molecule has 0 saturated carbocycles. The quantitative estimate of drug-likeness (QED) is 0.743. The maximum atomic E-state index is 12.3. The molecule has 0 bridgehead atoms. The highest BCUT2D eigenvalue weighted by Crippen LogP contribution is 2.24. The minimum absolute atomic E-state index is 0.00162. The highest BCUT2D eigenvalue weighted by Gasteiger charge is 2.26. The number of benzene rings is 1. The molecule has 1 heterocycles. The van der Waals surface area contributed by atoms with Crippen LogP contribution in [0.25, 0.3) is 0 Å². The molecule has 1 N–H and O–H groups in total. The molecule has 1 fully saturated rings. The van der Waals surface area contributed by atoms with Gasteiger partial charge in [0.05, 0.1) is 6.54 Å². The van der Waals surface area contributed by atoms with Gasteiger partial charge in [0.25, 0.3) is 0 Å². The Morgan fingerprint density at radius 1 is 1.15 bits per heavy atom. The van der Waals surface area contributed by atoms with Crippen LogP contribution in [-0.4, -0.2) is 43.0 Å². The highest BCUT2D eigenvalue weighted by atomic mass is 16.5. The molecule has 0 spiro atoms. The van der Waals surface area contributed by atoms with E-state index in [0.29, 0.717) is 32.7 Å². The number of nitrogens with one attached hydrogen (secondary N) is 1. The van der Waals surface area contributed by atoms with E-state index in [0.717, 1.165) is 25.0 Å². The van der Waals surface area contributed by atoms with Crippen molar-refractivity contribution in [1.82, 2.24) is 10.2 Å². The fourth-order valence-corrected chi connectivity index (χ4v) is 3.30. The second-order valence-electron chi connectivity index (χ2n) is 8.32. The molecule has 150 valence electrons. The minimum atomic E-state index is 0.00162. The molecule has 1 saturated heterocycles. The van der Waals surface area contributed by atoms with Crippen molar-refractivity contribution < 1.29 is 14.3 Å². The molecular weight excluding hydrogens is 340 g/mol. The monoisotopic (exact) mass is 374 g/mol. The number of rotatable bonds is 7. The van der Waals surface area contributed by atoms with Crippen LogP contribution in [-0.2, 0) is 15.0 Å². The number of amides is 2. The van der Waals surface area contributed by atoms with Crippen LogP contribution in [0.1, 0.15) is 58.9 Å². The Balaban J connectivity index is 1.66. The van der Waals surface area contributed by atoms with Crippen molar-refractivity contribution in [3.8, 4) is 5.75 Å². The number of likely N-dealkylation sites (tertiary alicyclic amines) is 1. The number of nitrogens with zero attached hydrogens (tertiary/aromatic N) is 1. The Labute approximate surface area is 163 Å². The van der Waals surface area contributed by atoms with E-state index >= 15 is 0 Å². The number of carbonyl (C=O) groups is 2. The lowest BCUT2D eigenvalue weighted by Gasteiger charge is -2.31. The molecule has 1 aromatic rings. The van der Waals surface area contributed by atoms with Gasteiger partial charge in [-0.1, -0.05) is 39.8 Å². The van der Waals surface area contributed by atoms with E-state index in [1.165, 1.54) is 5.56 Å². The Morgan fingerprint density at radius 2 is 1.78 bits per heavy atom. The summed E-state index contributed by atoms with van der Waals surface area (Å²) in [4.78, 5) is 26.1. The van der Waals surface area contributed by atoms with Crippen molar-refractivity contribution in [2.24, 2.45) is 5.92 Å². The predicted molar refractivity (Wildman–Crippen MR) is 108 cm³/mol. The van der Waals surface area contributed by atoms with Gasteiger partial charge < -0.3 is 15.0 Å². The van der Waals surface area contributed by atoms with Gasteiger partial charge in [-0.2, -0.15) is 0 Å². The average molecular weight is 375 g/mol. The summed E-state index contributed by atoms with van der Waals surface area (Å²) in [5.41, 5.74) is 1.40. The summed E-state index contributed by atoms with van der Waals surface area (Å²) in [5.74, 6) is 1.10. The molecular formula is C22H34N2O3. The van der Waals surface area contributed by atoms with Crippen molar-refractivity contribution in [1.29, 1.82) is 0 Å². The van der Waals surface area contributed by atoms with E-state index in [2.05, 4.69) is 38.2 Å². The molecule has 2 amide bonds. The SMILES string of the molecule is CCCC(=O)N1CCC(C(=O)NCCOc2ccc(C(C)(C)C)cc2)CC1. The van der Waals surface area contributed by atoms with Gasteiger partial charge in [-0.3, -0.25) is 9.59 Å². The number of piperidine rings is 1. The molecule has 0 aliphatic carbocycles. The molecule has 1 aromatic carbocycles. The summed E-state index contributed by atoms with van der Waals surface area (Å²) in [7, 11) is 0. The summed E-state index contributed by atoms with van der Waals surface area (Å²) >= 11 is 0. The molecule has 0 unspecified atom stereocenters. The van der Waals surface area contributed by atoms with Crippen molar-refractivity contribution >= 4 is 11.8 Å². The van der Waals surface area contributed by atoms with Gasteiger partial charge in [0.1, 0.15) is 12.4 Å². The van der Waals surface area contributed by atoms with Crippen LogP contribution in [0.15, 0.2) is 24.3 Å². The molecule has 0 radical (unpaired) electrons. The number of carbonyl (C=O) groups excluding carboxylic acids is 2. The first-order chi connectivity index (χ1) is 12.8. The standard InChI is InChI=1S/C22H34N2O3/c1-5-6-20(25)24-14-11-17(12-15-24)21(26)23-13-16-27-19-9-7-18(8-10-19)22(2,3)4/h7-10,17H,5-6,11-16H2,1-4H3,(H,23,26). The van der Waals surface area contributed by atoms with Gasteiger partial charge in [0.15, 0.2) is 0 Å². The molecule has 0 aromatic heterocycles. The molecule has 27 heavy (non-hydrogen) atoms. The van der Waals surface area contributed by atoms with Crippen LogP contribution in [0, 0.1) is 5.92 Å². The van der Waals surface area contributed by atoms with Gasteiger partial charge in [-0.05, 0) is 42.4 Å². The normalized spacial score (nSPS) is 15.5. The van der Waals surface area contributed by atoms with Gasteiger partial charge in [-0.25, -0.2) is 0 Å². The summed E-state index contributed by atoms with van der Waals surface area (Å²) < 4.78 is 5.72. The van der Waals surface area contributed by atoms with Crippen molar-refractivity contribution in [3.63, 3.8) is 0 Å². The number of hydrogen-bond acceptors (Lipinski definition) is 3. The van der Waals surface area contributed by atoms with E-state index in [4.69, 9.17) is 4.74 Å². The first-order valence-corrected chi connectivity index (χ1v) is 10.1. The maximum absolute atomic E-state index is 12.3. The first-order valence-electron chi connectivity index (χ1n) is 10.1. The van der Waals surface area contributed by atoms with Crippen LogP contribution < -0.4 is 10.1 Å². The number of ether oxygens (including phenoxy) is 1. The average Bonchev–Trinajstić information content (AvgIpc) is 2.65. The first kappa shape index (κ1) is 21.3. The second-order valence-corrected chi connectivity index (χ2v) is 8.32. The molecule has 1 aliphatic heterocycles. The third kappa shape index (κ3) is 6.56. The topological polar surface area (TPSA) is 58.6 Å². The zero-order valence-electron chi connectivity index (χ0n) is 17.2. The summed E-state index contributed by atoms with van der Waals surface area (Å²) in [6.45, 7) is 10.9. The molecule has 0 atom stereocenters. The van der Waals surface area contributed by atoms with E-state index in [1.54, 1.807) is 0 Å². The van der Waals surface area contributed by atoms with E-state index < -0.39 is 0 Å². The zero-order chi connectivity index (χ0) is 19.9. The fourth-order valence-electron chi connectivity index (χ4n) is 3.30. The fraction of sp³-hybridized carbons (Fsp3) is 0.636. The van der Waals surface area contributed by atoms with Crippen molar-refractivity contribution in [2.75, 3.05) is 26.2 Å². The van der Waals surface area contributed by atoms with Crippen LogP contribution in [0.4, 0.5) is 0 Å². The summed E-state index contributed by atoms with van der Waals surface area (Å²) in [6.07, 6.45) is 2.97. The van der Waals surface area contributed by atoms with E-state index in [9.17, 15) is 9.59 Å². The van der Waals surface area contributed by atoms with Gasteiger partial charge in [0, 0.05) is 25.4 Å². The van der Waals surface area contributed by atoms with Gasteiger partial charge in [-0.15, -0.1) is 0 Å². The minimum Gasteiger partial charge on any atom is -0.492 e. The highest BCUT2D eigenvalue weighted by molar-refractivity contribution is 5.80. The Bertz CT molecular complexity index is 611. The van der Waals surface area contributed by atoms with Crippen LogP contribution in [0.5, 0.6) is 5.75 Å². The van der Waals surface area contributed by atoms with Crippen molar-refractivity contribution in [3.05, 3.63) is 29.8 Å². The second kappa shape index (κ2) is 9.77. The Morgan fingerprint density at radius 3 is 2.33 bits per heavy atom. The smallest absolute Gasteiger partial charge is 0.223 e. The third-order valence-corrected chi connectivity index (χ3v) is 5.07. The van der Waals surface area contributed by atoms with Gasteiger partial charge >= 0.3 is 0 Å². The maximum Gasteiger partial charge on any atom is 0.223 e. The lowest BCUT2D eigenvalue weighted by atomic mass is 9.87. The zero-order valence-corrected chi connectivity index (χ0v) is 17.2. The molecule has 1 aliphatic rings. The van der Waals surface area contributed by atoms with E-state index in [1.807, 2.05) is 24.0 Å². The molecule has 5 nitrogen and oxygen atoms in total. The summed E-state index contributed by atoms with van der Waals surface area (Å²) in [5, 5.41) is 2.96. The van der Waals surface area contributed by atoms with E-state index in [-0.39, 0.29) is 23.1 Å². The lowest BCUT2D eigenvalue weighted by molar-refractivity contribution is -0.135. The summed E-state index contributed by atoms with van der Waals surface area (Å²) in [6, 6.07) is 8.12. The van der Waals surface area contributed by atoms with Crippen LogP contribution in [0.3, 0.4) is 0 Å². The largest absolute Gasteiger partial charge is 0.492 e. The third-order valence-electron chi connectivity index (χ3n) is 5.07. The molecule has 5 heteroatoms. The van der Waals surface area contributed by atoms with Crippen LogP contribution in [0.2, 0.25) is 0 Å². The molecule has 2 rings (SSSR count). The number of hydrogen-bond donors (Lipinski definition) is 1.